The molecule has 6 nitrogen and oxygen atoms in total. The minimum Gasteiger partial charge on any atom is -0.516 e. The van der Waals surface area contributed by atoms with E-state index in [0.717, 1.165) is 26.4 Å². The molecule has 0 saturated heterocycles. The fourth-order valence-corrected chi connectivity index (χ4v) is 0.200. The van der Waals surface area contributed by atoms with Gasteiger partial charge in [-0.2, -0.15) is 0 Å². The third-order valence-corrected chi connectivity index (χ3v) is 0.483. The van der Waals surface area contributed by atoms with Crippen molar-refractivity contribution in [3.8, 4) is 0 Å². The van der Waals surface area contributed by atoms with Crippen LogP contribution >= 0.6 is 0 Å². The first-order valence-corrected chi connectivity index (χ1v) is 3.86. The summed E-state index contributed by atoms with van der Waals surface area (Å²) in [7, 11) is 0. The van der Waals surface area contributed by atoms with Crippen LogP contribution in [0.2, 0.25) is 0 Å². The summed E-state index contributed by atoms with van der Waals surface area (Å²) in [5, 5.41) is 30.8. The molecule has 88 valence electrons. The summed E-state index contributed by atoms with van der Waals surface area (Å²) in [5.74, 6) is -1.67. The van der Waals surface area contributed by atoms with Crippen molar-refractivity contribution in [2.24, 2.45) is 0 Å². The summed E-state index contributed by atoms with van der Waals surface area (Å²) in [4.78, 5) is 18.0. The Hall–Kier alpha value is -1.98. The number of aliphatic hydroxyl groups excluding tert-OH is 2. The Labute approximate surface area is 87.8 Å². The number of carboxylic acids is 2. The molecule has 0 aliphatic heterocycles. The molecule has 0 aromatic rings. The monoisotopic (exact) mass is 220 g/mol. The molecule has 0 saturated carbocycles. The number of hydrogen-bond donors (Lipinski definition) is 4. The van der Waals surface area contributed by atoms with Crippen LogP contribution in [-0.4, -0.2) is 32.4 Å². The number of carbonyl (C=O) groups is 2. The highest BCUT2D eigenvalue weighted by atomic mass is 16.4. The molecule has 0 radical (unpaired) electrons. The molecular weight excluding hydrogens is 204 g/mol. The van der Waals surface area contributed by atoms with Gasteiger partial charge in [0, 0.05) is 13.8 Å². The molecule has 0 spiro atoms. The fourth-order valence-electron chi connectivity index (χ4n) is 0.200. The molecule has 0 fully saturated rings. The maximum atomic E-state index is 9.00. The van der Waals surface area contributed by atoms with Crippen LogP contribution in [0.4, 0.5) is 0 Å². The molecule has 15 heavy (non-hydrogen) atoms. The number of carboxylic acid groups (broad SMARTS) is 2. The molecule has 0 aromatic carbocycles. The van der Waals surface area contributed by atoms with Crippen molar-refractivity contribution in [1.82, 2.24) is 0 Å². The molecule has 0 bridgehead atoms. The van der Waals surface area contributed by atoms with E-state index in [1.165, 1.54) is 12.2 Å². The first kappa shape index (κ1) is 18.7. The van der Waals surface area contributed by atoms with E-state index < -0.39 is 11.9 Å². The Morgan fingerprint density at radius 1 is 0.933 bits per heavy atom. The standard InChI is InChI=1S/C5H8O2.2C2H4O2/c6-4-2-1-3-5-7;2*1-2(3)4/h2-7H,1H2;2*1H3,(H,3,4). The van der Waals surface area contributed by atoms with Gasteiger partial charge in [0.05, 0.1) is 12.5 Å². The molecule has 0 heterocycles. The number of hydrogen-bond acceptors (Lipinski definition) is 4. The van der Waals surface area contributed by atoms with E-state index in [-0.39, 0.29) is 0 Å². The lowest BCUT2D eigenvalue weighted by molar-refractivity contribution is -0.135. The smallest absolute Gasteiger partial charge is 0.300 e. The number of rotatable bonds is 2. The minimum absolute atomic E-state index is 0.576. The van der Waals surface area contributed by atoms with E-state index >= 15 is 0 Å². The Balaban J connectivity index is -0.000000155. The van der Waals surface area contributed by atoms with Crippen LogP contribution < -0.4 is 0 Å². The van der Waals surface area contributed by atoms with Crippen molar-refractivity contribution in [2.75, 3.05) is 0 Å². The Bertz CT molecular complexity index is 177. The van der Waals surface area contributed by atoms with Gasteiger partial charge in [0.25, 0.3) is 11.9 Å². The van der Waals surface area contributed by atoms with E-state index in [4.69, 9.17) is 30.0 Å². The predicted octanol–water partition coefficient (Wildman–Crippen LogP) is 1.70. The second-order valence-corrected chi connectivity index (χ2v) is 2.04. The third-order valence-electron chi connectivity index (χ3n) is 0.483. The lowest BCUT2D eigenvalue weighted by Crippen LogP contribution is -1.78. The Morgan fingerprint density at radius 2 is 1.13 bits per heavy atom. The third kappa shape index (κ3) is 296. The molecule has 0 atom stereocenters. The molecule has 4 N–H and O–H groups in total. The number of aliphatic carboxylic acids is 2. The molecule has 0 unspecified atom stereocenters. The highest BCUT2D eigenvalue weighted by Gasteiger charge is 1.66. The zero-order chi connectivity index (χ0) is 12.7. The minimum atomic E-state index is -0.833. The van der Waals surface area contributed by atoms with Crippen LogP contribution in [-0.2, 0) is 9.59 Å². The van der Waals surface area contributed by atoms with Crippen molar-refractivity contribution in [2.45, 2.75) is 20.3 Å². The average molecular weight is 220 g/mol. The van der Waals surface area contributed by atoms with Crippen LogP contribution in [0, 0.1) is 0 Å². The van der Waals surface area contributed by atoms with E-state index in [1.54, 1.807) is 0 Å². The van der Waals surface area contributed by atoms with Gasteiger partial charge in [-0.1, -0.05) is 0 Å². The second-order valence-electron chi connectivity index (χ2n) is 2.04. The van der Waals surface area contributed by atoms with Gasteiger partial charge in [-0.05, 0) is 18.6 Å². The van der Waals surface area contributed by atoms with Crippen molar-refractivity contribution in [3.05, 3.63) is 24.7 Å². The SMILES string of the molecule is CC(=O)O.CC(=O)O.OC=CCC=CO. The molecule has 6 heteroatoms. The van der Waals surface area contributed by atoms with Crippen LogP contribution in [0.3, 0.4) is 0 Å². The summed E-state index contributed by atoms with van der Waals surface area (Å²) in [6.45, 7) is 2.17. The predicted molar refractivity (Wildman–Crippen MR) is 54.8 cm³/mol. The van der Waals surface area contributed by atoms with Gasteiger partial charge in [0.2, 0.25) is 0 Å². The second kappa shape index (κ2) is 17.9. The normalized spacial score (nSPS) is 8.67. The van der Waals surface area contributed by atoms with Crippen LogP contribution in [0.1, 0.15) is 20.3 Å². The van der Waals surface area contributed by atoms with Crippen LogP contribution in [0.15, 0.2) is 24.7 Å². The summed E-state index contributed by atoms with van der Waals surface area (Å²) in [6.07, 6.45) is 5.51. The van der Waals surface area contributed by atoms with Crippen molar-refractivity contribution < 1.29 is 30.0 Å². The van der Waals surface area contributed by atoms with Gasteiger partial charge in [0.15, 0.2) is 0 Å². The summed E-state index contributed by atoms with van der Waals surface area (Å²) >= 11 is 0. The molecule has 0 rings (SSSR count). The van der Waals surface area contributed by atoms with E-state index in [0.29, 0.717) is 6.42 Å². The molecular formula is C9H16O6. The van der Waals surface area contributed by atoms with Crippen molar-refractivity contribution >= 4 is 11.9 Å². The lowest BCUT2D eigenvalue weighted by atomic mass is 10.4. The maximum absolute atomic E-state index is 9.00. The zero-order valence-electron chi connectivity index (χ0n) is 8.62. The molecule has 0 amide bonds. The maximum Gasteiger partial charge on any atom is 0.300 e. The van der Waals surface area contributed by atoms with Gasteiger partial charge in [-0.15, -0.1) is 0 Å². The number of allylic oxidation sites excluding steroid dienone is 2. The number of aliphatic hydroxyl groups is 2. The first-order valence-electron chi connectivity index (χ1n) is 3.86. The molecule has 0 aliphatic carbocycles. The van der Waals surface area contributed by atoms with E-state index in [1.807, 2.05) is 0 Å². The van der Waals surface area contributed by atoms with Gasteiger partial charge in [0.1, 0.15) is 0 Å². The topological polar surface area (TPSA) is 115 Å². The first-order chi connectivity index (χ1) is 6.88. The van der Waals surface area contributed by atoms with Gasteiger partial charge < -0.3 is 20.4 Å². The highest BCUT2D eigenvalue weighted by Crippen LogP contribution is 1.80. The summed E-state index contributed by atoms with van der Waals surface area (Å²) < 4.78 is 0. The van der Waals surface area contributed by atoms with Crippen molar-refractivity contribution in [3.63, 3.8) is 0 Å². The van der Waals surface area contributed by atoms with E-state index in [9.17, 15) is 0 Å². The van der Waals surface area contributed by atoms with Gasteiger partial charge in [-0.3, -0.25) is 9.59 Å². The molecule has 0 aliphatic rings. The quantitative estimate of drug-likeness (QED) is 0.526. The van der Waals surface area contributed by atoms with E-state index in [2.05, 4.69) is 0 Å². The molecule has 0 aromatic heterocycles. The Kier molecular flexibility index (Phi) is 22.4. The highest BCUT2D eigenvalue weighted by molar-refractivity contribution is 5.63. The van der Waals surface area contributed by atoms with Gasteiger partial charge in [-0.25, -0.2) is 0 Å². The fraction of sp³-hybridized carbons (Fsp3) is 0.333. The lowest BCUT2D eigenvalue weighted by Gasteiger charge is -1.72. The summed E-state index contributed by atoms with van der Waals surface area (Å²) in [6, 6.07) is 0. The van der Waals surface area contributed by atoms with Crippen molar-refractivity contribution in [1.29, 1.82) is 0 Å². The Morgan fingerprint density at radius 3 is 1.27 bits per heavy atom. The average Bonchev–Trinajstić information content (AvgIpc) is 2.03. The summed E-state index contributed by atoms with van der Waals surface area (Å²) in [5.41, 5.74) is 0. The van der Waals surface area contributed by atoms with Gasteiger partial charge >= 0.3 is 0 Å². The zero-order valence-corrected chi connectivity index (χ0v) is 8.62. The largest absolute Gasteiger partial charge is 0.516 e. The van der Waals surface area contributed by atoms with Crippen LogP contribution in [0.5, 0.6) is 0 Å². The van der Waals surface area contributed by atoms with Crippen LogP contribution in [0.25, 0.3) is 0 Å².